The van der Waals surface area contributed by atoms with Crippen molar-refractivity contribution < 1.29 is 14.3 Å². The van der Waals surface area contributed by atoms with E-state index in [2.05, 4.69) is 55.7 Å². The third-order valence-corrected chi connectivity index (χ3v) is 7.88. The van der Waals surface area contributed by atoms with Gasteiger partial charge >= 0.3 is 0 Å². The average molecular weight is 494 g/mol. The Morgan fingerprint density at radius 1 is 1.11 bits per heavy atom. The highest BCUT2D eigenvalue weighted by Crippen LogP contribution is 2.65. The first-order valence-electron chi connectivity index (χ1n) is 12.6. The van der Waals surface area contributed by atoms with Crippen molar-refractivity contribution in [3.63, 3.8) is 0 Å². The fourth-order valence-corrected chi connectivity index (χ4v) is 5.75. The normalized spacial score (nSPS) is 22.6. The minimum absolute atomic E-state index is 0.0716. The highest BCUT2D eigenvalue weighted by molar-refractivity contribution is 6.10. The first-order chi connectivity index (χ1) is 18.2. The third-order valence-electron chi connectivity index (χ3n) is 7.88. The van der Waals surface area contributed by atoms with E-state index in [1.807, 2.05) is 36.5 Å². The number of morpholine rings is 1. The van der Waals surface area contributed by atoms with Crippen molar-refractivity contribution in [3.8, 4) is 5.75 Å². The van der Waals surface area contributed by atoms with E-state index in [4.69, 9.17) is 9.47 Å². The van der Waals surface area contributed by atoms with Crippen molar-refractivity contribution in [2.45, 2.75) is 17.8 Å². The highest BCUT2D eigenvalue weighted by atomic mass is 16.5. The maximum Gasteiger partial charge on any atom is 0.235 e. The second-order valence-corrected chi connectivity index (χ2v) is 9.89. The number of H-pyrrole nitrogens is 1. The van der Waals surface area contributed by atoms with E-state index >= 15 is 0 Å². The number of nitrogens with one attached hydrogen (secondary N) is 2. The molecular weight excluding hydrogens is 466 g/mol. The predicted molar refractivity (Wildman–Crippen MR) is 143 cm³/mol. The standard InChI is InChI=1S/C29H27N5O3/c1-36-20-5-8-25-22(15-20)29(28(35)31-25)16-23(29)19-4-6-21-24(32-33-26(21)14-19)7-2-18-3-9-27(30-17-18)34-10-12-37-13-11-34/h2-9,14-15,17,23H,10-13,16H2,1H3,(H,31,35)(H,32,33)/t23-,29-/m0/s1. The Balaban J connectivity index is 1.11. The van der Waals surface area contributed by atoms with Crippen LogP contribution in [0.25, 0.3) is 23.1 Å². The Bertz CT molecular complexity index is 1540. The molecule has 1 spiro atoms. The number of nitrogens with zero attached hydrogens (tertiary/aromatic N) is 3. The summed E-state index contributed by atoms with van der Waals surface area (Å²) in [5, 5.41) is 11.8. The average Bonchev–Trinajstić information content (AvgIpc) is 3.49. The molecule has 1 aliphatic carbocycles. The molecule has 0 radical (unpaired) electrons. The zero-order valence-corrected chi connectivity index (χ0v) is 20.5. The summed E-state index contributed by atoms with van der Waals surface area (Å²) >= 11 is 0. The molecule has 0 bridgehead atoms. The van der Waals surface area contributed by atoms with Crippen molar-refractivity contribution in [1.82, 2.24) is 15.2 Å². The van der Waals surface area contributed by atoms with Crippen LogP contribution in [0.2, 0.25) is 0 Å². The van der Waals surface area contributed by atoms with Crippen LogP contribution in [0.1, 0.15) is 34.7 Å². The molecular formula is C29H27N5O3. The molecule has 2 N–H and O–H groups in total. The van der Waals surface area contributed by atoms with Crippen molar-refractivity contribution in [1.29, 1.82) is 0 Å². The number of rotatable bonds is 5. The van der Waals surface area contributed by atoms with Crippen LogP contribution < -0.4 is 15.0 Å². The lowest BCUT2D eigenvalue weighted by molar-refractivity contribution is -0.118. The van der Waals surface area contributed by atoms with E-state index in [-0.39, 0.29) is 11.8 Å². The number of carbonyl (C=O) groups is 1. The molecule has 186 valence electrons. The number of pyridine rings is 1. The molecule has 37 heavy (non-hydrogen) atoms. The predicted octanol–water partition coefficient (Wildman–Crippen LogP) is 4.35. The van der Waals surface area contributed by atoms with E-state index in [1.165, 1.54) is 0 Å². The van der Waals surface area contributed by atoms with Crippen LogP contribution >= 0.6 is 0 Å². The number of aromatic nitrogens is 3. The van der Waals surface area contributed by atoms with Gasteiger partial charge in [0.1, 0.15) is 11.6 Å². The number of hydrogen-bond donors (Lipinski definition) is 2. The maximum absolute atomic E-state index is 13.0. The monoisotopic (exact) mass is 493 g/mol. The van der Waals surface area contributed by atoms with Crippen LogP contribution in [-0.2, 0) is 14.9 Å². The minimum Gasteiger partial charge on any atom is -0.497 e. The third kappa shape index (κ3) is 3.59. The lowest BCUT2D eigenvalue weighted by Gasteiger charge is -2.27. The number of carbonyl (C=O) groups excluding carboxylic acids is 1. The van der Waals surface area contributed by atoms with E-state index in [1.54, 1.807) is 7.11 Å². The van der Waals surface area contributed by atoms with Crippen molar-refractivity contribution in [2.24, 2.45) is 0 Å². The Morgan fingerprint density at radius 2 is 2.00 bits per heavy atom. The summed E-state index contributed by atoms with van der Waals surface area (Å²) in [6.07, 6.45) is 6.72. The molecule has 3 aliphatic rings. The Hall–Kier alpha value is -4.17. The number of methoxy groups -OCH3 is 1. The molecule has 4 heterocycles. The van der Waals surface area contributed by atoms with Crippen molar-refractivity contribution in [3.05, 3.63) is 77.1 Å². The SMILES string of the molecule is COc1ccc2c(c1)[C@]1(C[C@H]1c1ccc3c(C=Cc4ccc(N5CCOCC5)nc4)n[nH]c3c1)C(=O)N2. The van der Waals surface area contributed by atoms with Gasteiger partial charge < -0.3 is 19.7 Å². The van der Waals surface area contributed by atoms with Gasteiger partial charge in [-0.15, -0.1) is 0 Å². The summed E-state index contributed by atoms with van der Waals surface area (Å²) in [6, 6.07) is 16.3. The van der Waals surface area contributed by atoms with E-state index in [9.17, 15) is 4.79 Å². The van der Waals surface area contributed by atoms with E-state index in [0.29, 0.717) is 0 Å². The molecule has 7 rings (SSSR count). The fraction of sp³-hybridized carbons (Fsp3) is 0.276. The topological polar surface area (TPSA) is 92.4 Å². The molecule has 8 nitrogen and oxygen atoms in total. The molecule has 8 heteroatoms. The summed E-state index contributed by atoms with van der Waals surface area (Å²) < 4.78 is 10.8. The molecule has 1 saturated carbocycles. The van der Waals surface area contributed by atoms with Gasteiger partial charge in [0.2, 0.25) is 5.91 Å². The van der Waals surface area contributed by atoms with Gasteiger partial charge in [-0.1, -0.05) is 18.2 Å². The Morgan fingerprint density at radius 3 is 2.81 bits per heavy atom. The smallest absolute Gasteiger partial charge is 0.235 e. The van der Waals surface area contributed by atoms with Gasteiger partial charge in [-0.05, 0) is 65.6 Å². The summed E-state index contributed by atoms with van der Waals surface area (Å²) in [5.74, 6) is 1.95. The van der Waals surface area contributed by atoms with Gasteiger partial charge in [0.15, 0.2) is 0 Å². The lowest BCUT2D eigenvalue weighted by Crippen LogP contribution is -2.36. The van der Waals surface area contributed by atoms with Gasteiger partial charge in [0.05, 0.1) is 36.9 Å². The largest absolute Gasteiger partial charge is 0.497 e. The summed E-state index contributed by atoms with van der Waals surface area (Å²) in [4.78, 5) is 19.9. The van der Waals surface area contributed by atoms with Crippen LogP contribution in [-0.4, -0.2) is 54.5 Å². The first kappa shape index (κ1) is 22.1. The number of aromatic amines is 1. The van der Waals surface area contributed by atoms with Crippen LogP contribution in [0, 0.1) is 0 Å². The van der Waals surface area contributed by atoms with Gasteiger partial charge in [-0.25, -0.2) is 4.98 Å². The van der Waals surface area contributed by atoms with E-state index < -0.39 is 5.41 Å². The zero-order chi connectivity index (χ0) is 25.0. The molecule has 2 aromatic heterocycles. The zero-order valence-electron chi connectivity index (χ0n) is 20.5. The molecule has 2 aromatic carbocycles. The van der Waals surface area contributed by atoms with E-state index in [0.717, 1.165) is 83.3 Å². The van der Waals surface area contributed by atoms with Crippen LogP contribution in [0.15, 0.2) is 54.7 Å². The van der Waals surface area contributed by atoms with Crippen LogP contribution in [0.4, 0.5) is 11.5 Å². The number of ether oxygens (including phenoxy) is 2. The maximum atomic E-state index is 13.0. The second kappa shape index (κ2) is 8.45. The molecule has 2 fully saturated rings. The summed E-state index contributed by atoms with van der Waals surface area (Å²) in [6.45, 7) is 3.23. The van der Waals surface area contributed by atoms with Gasteiger partial charge in [0.25, 0.3) is 0 Å². The Labute approximate surface area is 214 Å². The first-order valence-corrected chi connectivity index (χ1v) is 12.6. The second-order valence-electron chi connectivity index (χ2n) is 9.89. The minimum atomic E-state index is -0.513. The molecule has 2 atom stereocenters. The van der Waals surface area contributed by atoms with Gasteiger partial charge in [0, 0.05) is 36.3 Å². The van der Waals surface area contributed by atoms with Crippen LogP contribution in [0.3, 0.4) is 0 Å². The number of fused-ring (bicyclic) bond motifs is 3. The van der Waals surface area contributed by atoms with Crippen molar-refractivity contribution in [2.75, 3.05) is 43.6 Å². The van der Waals surface area contributed by atoms with Gasteiger partial charge in [-0.3, -0.25) is 9.89 Å². The molecule has 1 amide bonds. The quantitative estimate of drug-likeness (QED) is 0.430. The summed E-state index contributed by atoms with van der Waals surface area (Å²) in [5.41, 5.74) is 5.40. The fourth-order valence-electron chi connectivity index (χ4n) is 5.75. The van der Waals surface area contributed by atoms with Gasteiger partial charge in [-0.2, -0.15) is 5.10 Å². The Kier molecular flexibility index (Phi) is 5.04. The number of hydrogen-bond acceptors (Lipinski definition) is 6. The van der Waals surface area contributed by atoms with Crippen LogP contribution in [0.5, 0.6) is 5.75 Å². The molecule has 4 aromatic rings. The summed E-state index contributed by atoms with van der Waals surface area (Å²) in [7, 11) is 1.65. The number of amides is 1. The lowest BCUT2D eigenvalue weighted by atomic mass is 9.91. The number of anilines is 2. The molecule has 1 saturated heterocycles. The highest BCUT2D eigenvalue weighted by Gasteiger charge is 2.65. The molecule has 0 unspecified atom stereocenters. The van der Waals surface area contributed by atoms with Crippen molar-refractivity contribution >= 4 is 40.5 Å². The molecule has 2 aliphatic heterocycles. The number of benzene rings is 2.